The Bertz CT molecular complexity index is 267. The van der Waals surface area contributed by atoms with Crippen LogP contribution in [0.4, 0.5) is 4.79 Å². The number of rotatable bonds is 5. The molecule has 7 heteroatoms. The molecule has 0 aliphatic heterocycles. The van der Waals surface area contributed by atoms with E-state index in [1.807, 2.05) is 0 Å². The predicted octanol–water partition coefficient (Wildman–Crippen LogP) is -0.894. The van der Waals surface area contributed by atoms with Gasteiger partial charge in [0, 0.05) is 13.0 Å². The molecule has 0 radical (unpaired) electrons. The number of nitrogens with zero attached hydrogens (tertiary/aromatic N) is 1. The zero-order chi connectivity index (χ0) is 12.0. The van der Waals surface area contributed by atoms with Crippen molar-refractivity contribution in [3.63, 3.8) is 0 Å². The molecule has 0 aliphatic carbocycles. The van der Waals surface area contributed by atoms with Gasteiger partial charge in [0.25, 0.3) is 0 Å². The second-order valence-corrected chi connectivity index (χ2v) is 2.98. The summed E-state index contributed by atoms with van der Waals surface area (Å²) < 4.78 is 0. The third-order valence-electron chi connectivity index (χ3n) is 1.83. The van der Waals surface area contributed by atoms with Crippen LogP contribution in [0.5, 0.6) is 0 Å². The van der Waals surface area contributed by atoms with Crippen LogP contribution in [0.1, 0.15) is 19.8 Å². The van der Waals surface area contributed by atoms with Crippen LogP contribution in [0, 0.1) is 0 Å². The van der Waals surface area contributed by atoms with E-state index in [4.69, 9.17) is 16.6 Å². The molecule has 86 valence electrons. The van der Waals surface area contributed by atoms with Gasteiger partial charge in [0.1, 0.15) is 0 Å². The molecular weight excluding hydrogens is 202 g/mol. The molecule has 0 aromatic rings. The van der Waals surface area contributed by atoms with E-state index in [9.17, 15) is 14.4 Å². The third kappa shape index (κ3) is 4.41. The van der Waals surface area contributed by atoms with Crippen molar-refractivity contribution in [2.45, 2.75) is 25.8 Å². The van der Waals surface area contributed by atoms with E-state index >= 15 is 0 Å². The van der Waals surface area contributed by atoms with Crippen molar-refractivity contribution in [2.24, 2.45) is 11.5 Å². The van der Waals surface area contributed by atoms with Gasteiger partial charge in [0.15, 0.2) is 0 Å². The highest BCUT2D eigenvalue weighted by molar-refractivity contribution is 5.94. The molecule has 0 fully saturated rings. The molecule has 0 unspecified atom stereocenters. The van der Waals surface area contributed by atoms with Crippen LogP contribution in [0.15, 0.2) is 0 Å². The van der Waals surface area contributed by atoms with Gasteiger partial charge in [-0.2, -0.15) is 0 Å². The Morgan fingerprint density at radius 2 is 1.93 bits per heavy atom. The smallest absolute Gasteiger partial charge is 0.414 e. The lowest BCUT2D eigenvalue weighted by atomic mass is 10.1. The molecule has 0 aromatic carbocycles. The molecule has 0 aliphatic rings. The average Bonchev–Trinajstić information content (AvgIpc) is 2.14. The second-order valence-electron chi connectivity index (χ2n) is 2.98. The molecule has 0 bridgehead atoms. The van der Waals surface area contributed by atoms with Crippen LogP contribution in [-0.4, -0.2) is 40.5 Å². The first-order chi connectivity index (χ1) is 6.90. The monoisotopic (exact) mass is 217 g/mol. The van der Waals surface area contributed by atoms with Crippen LogP contribution < -0.4 is 11.5 Å². The van der Waals surface area contributed by atoms with Crippen molar-refractivity contribution < 1.29 is 19.5 Å². The summed E-state index contributed by atoms with van der Waals surface area (Å²) in [7, 11) is 0. The van der Waals surface area contributed by atoms with Crippen LogP contribution in [0.3, 0.4) is 0 Å². The normalized spacial score (nSPS) is 11.9. The maximum atomic E-state index is 11.4. The fourth-order valence-corrected chi connectivity index (χ4v) is 1.01. The summed E-state index contributed by atoms with van der Waals surface area (Å²) in [5.74, 6) is -1.29. The number of amides is 3. The minimum atomic E-state index is -1.35. The number of hydrogen-bond donors (Lipinski definition) is 3. The molecule has 0 rings (SSSR count). The Labute approximate surface area is 87.0 Å². The Kier molecular flexibility index (Phi) is 5.32. The predicted molar refractivity (Wildman–Crippen MR) is 51.8 cm³/mol. The highest BCUT2D eigenvalue weighted by Gasteiger charge is 2.24. The van der Waals surface area contributed by atoms with E-state index < -0.39 is 23.9 Å². The number of carboxylic acid groups (broad SMARTS) is 1. The SMILES string of the molecule is CCN(C(=O)O)C(=O)[C@@H](N)CCC(N)=O. The largest absolute Gasteiger partial charge is 0.465 e. The van der Waals surface area contributed by atoms with Gasteiger partial charge in [-0.15, -0.1) is 0 Å². The van der Waals surface area contributed by atoms with Crippen molar-refractivity contribution in [1.82, 2.24) is 4.90 Å². The van der Waals surface area contributed by atoms with Crippen LogP contribution in [-0.2, 0) is 9.59 Å². The minimum absolute atomic E-state index is 0.0262. The molecule has 0 saturated heterocycles. The van der Waals surface area contributed by atoms with E-state index in [1.165, 1.54) is 6.92 Å². The minimum Gasteiger partial charge on any atom is -0.465 e. The zero-order valence-corrected chi connectivity index (χ0v) is 8.47. The van der Waals surface area contributed by atoms with Gasteiger partial charge in [-0.05, 0) is 13.3 Å². The number of imide groups is 1. The van der Waals surface area contributed by atoms with Gasteiger partial charge in [-0.1, -0.05) is 0 Å². The summed E-state index contributed by atoms with van der Waals surface area (Å²) in [5, 5.41) is 8.63. The number of carbonyl (C=O) groups is 3. The van der Waals surface area contributed by atoms with Crippen molar-refractivity contribution in [1.29, 1.82) is 0 Å². The number of primary amides is 1. The van der Waals surface area contributed by atoms with E-state index in [2.05, 4.69) is 0 Å². The van der Waals surface area contributed by atoms with E-state index in [0.29, 0.717) is 4.90 Å². The fraction of sp³-hybridized carbons (Fsp3) is 0.625. The standard InChI is InChI=1S/C8H15N3O4/c1-2-11(8(14)15)7(13)5(9)3-4-6(10)12/h5H,2-4,9H2,1H3,(H2,10,12)(H,14,15)/t5-/m0/s1. The summed E-state index contributed by atoms with van der Waals surface area (Å²) in [6, 6.07) is -1.01. The van der Waals surface area contributed by atoms with Crippen LogP contribution in [0.2, 0.25) is 0 Å². The molecule has 0 heterocycles. The fourth-order valence-electron chi connectivity index (χ4n) is 1.01. The zero-order valence-electron chi connectivity index (χ0n) is 8.47. The summed E-state index contributed by atoms with van der Waals surface area (Å²) in [6.45, 7) is 1.55. The van der Waals surface area contributed by atoms with Gasteiger partial charge in [0.05, 0.1) is 6.04 Å². The Hall–Kier alpha value is -1.63. The third-order valence-corrected chi connectivity index (χ3v) is 1.83. The van der Waals surface area contributed by atoms with Gasteiger partial charge in [-0.3, -0.25) is 9.59 Å². The molecule has 15 heavy (non-hydrogen) atoms. The molecule has 1 atom stereocenters. The number of hydrogen-bond acceptors (Lipinski definition) is 4. The van der Waals surface area contributed by atoms with Crippen molar-refractivity contribution in [3.05, 3.63) is 0 Å². The van der Waals surface area contributed by atoms with Crippen LogP contribution >= 0.6 is 0 Å². The highest BCUT2D eigenvalue weighted by atomic mass is 16.4. The first-order valence-electron chi connectivity index (χ1n) is 4.48. The topological polar surface area (TPSA) is 127 Å². The van der Waals surface area contributed by atoms with Gasteiger partial charge in [0.2, 0.25) is 11.8 Å². The van der Waals surface area contributed by atoms with Crippen molar-refractivity contribution in [2.75, 3.05) is 6.54 Å². The van der Waals surface area contributed by atoms with Crippen molar-refractivity contribution >= 4 is 17.9 Å². The quantitative estimate of drug-likeness (QED) is 0.550. The molecule has 0 saturated carbocycles. The number of nitrogens with two attached hydrogens (primary N) is 2. The average molecular weight is 217 g/mol. The molecule has 0 aromatic heterocycles. The molecule has 7 nitrogen and oxygen atoms in total. The first kappa shape index (κ1) is 13.4. The van der Waals surface area contributed by atoms with Crippen LogP contribution in [0.25, 0.3) is 0 Å². The second kappa shape index (κ2) is 5.97. The summed E-state index contributed by atoms with van der Waals surface area (Å²) in [4.78, 5) is 33.0. The molecular formula is C8H15N3O4. The first-order valence-corrected chi connectivity index (χ1v) is 4.48. The van der Waals surface area contributed by atoms with Gasteiger partial charge < -0.3 is 16.6 Å². The summed E-state index contributed by atoms with van der Waals surface area (Å²) >= 11 is 0. The summed E-state index contributed by atoms with van der Waals surface area (Å²) in [6.07, 6.45) is -1.33. The lowest BCUT2D eigenvalue weighted by molar-refractivity contribution is -0.130. The highest BCUT2D eigenvalue weighted by Crippen LogP contribution is 2.00. The maximum Gasteiger partial charge on any atom is 0.414 e. The van der Waals surface area contributed by atoms with Gasteiger partial charge >= 0.3 is 6.09 Å². The van der Waals surface area contributed by atoms with Gasteiger partial charge in [-0.25, -0.2) is 9.69 Å². The van der Waals surface area contributed by atoms with E-state index in [-0.39, 0.29) is 19.4 Å². The Balaban J connectivity index is 4.28. The maximum absolute atomic E-state index is 11.4. The Morgan fingerprint density at radius 3 is 2.27 bits per heavy atom. The molecule has 3 amide bonds. The Morgan fingerprint density at radius 1 is 1.40 bits per heavy atom. The number of likely N-dealkylation sites (N-methyl/N-ethyl adjacent to an activating group) is 1. The van der Waals surface area contributed by atoms with E-state index in [1.54, 1.807) is 0 Å². The number of carbonyl (C=O) groups excluding carboxylic acids is 2. The summed E-state index contributed by atoms with van der Waals surface area (Å²) in [5.41, 5.74) is 10.3. The molecule has 5 N–H and O–H groups in total. The lowest BCUT2D eigenvalue weighted by Gasteiger charge is -2.18. The van der Waals surface area contributed by atoms with Crippen molar-refractivity contribution in [3.8, 4) is 0 Å². The lowest BCUT2D eigenvalue weighted by Crippen LogP contribution is -2.46. The molecule has 0 spiro atoms. The van der Waals surface area contributed by atoms with E-state index in [0.717, 1.165) is 0 Å².